The summed E-state index contributed by atoms with van der Waals surface area (Å²) in [6, 6.07) is 7.82. The number of likely N-dealkylation sites (tertiary alicyclic amines) is 1. The number of hydrogen-bond donors (Lipinski definition) is 2. The highest BCUT2D eigenvalue weighted by atomic mass is 32.2. The van der Waals surface area contributed by atoms with Crippen LogP contribution in [0.1, 0.15) is 122 Å². The molecule has 0 amide bonds. The minimum absolute atomic E-state index is 0.0119. The van der Waals surface area contributed by atoms with Crippen molar-refractivity contribution in [2.24, 2.45) is 51.2 Å². The van der Waals surface area contributed by atoms with Gasteiger partial charge in [0.1, 0.15) is 0 Å². The standard InChI is InChI=1S/C43H62N2O4S/c1-27(2)32-14-19-43(44-22-23-45-25-31-24-30(45)26-50(31,48)49)21-20-41(6)34(37(32)43)12-13-36-40(5)17-15-33(28-8-10-29(11-9-28)38(46)47)39(3,4)35(40)16-18-42(36,41)7/h8-11,15,30-32,34-37,44H,1,12-14,16-26H2,2-7H3,(H,46,47)/t30?,31-,32-,34+,35?,36?,37?,40-,41+,42+,43-/m0/s1. The minimum atomic E-state index is -2.86. The summed E-state index contributed by atoms with van der Waals surface area (Å²) in [5.41, 5.74) is 5.25. The molecule has 274 valence electrons. The van der Waals surface area contributed by atoms with Gasteiger partial charge in [0.2, 0.25) is 0 Å². The molecule has 2 saturated heterocycles. The molecule has 0 spiro atoms. The molecule has 0 radical (unpaired) electrons. The predicted octanol–water partition coefficient (Wildman–Crippen LogP) is 8.25. The molecular weight excluding hydrogens is 641 g/mol. The van der Waals surface area contributed by atoms with Gasteiger partial charge in [-0.05, 0) is 146 Å². The van der Waals surface area contributed by atoms with Gasteiger partial charge in [-0.1, -0.05) is 65.0 Å². The fraction of sp³-hybridized carbons (Fsp3) is 0.744. The van der Waals surface area contributed by atoms with Gasteiger partial charge in [0.15, 0.2) is 9.84 Å². The van der Waals surface area contributed by atoms with Gasteiger partial charge in [0, 0.05) is 31.2 Å². The Labute approximate surface area is 301 Å². The molecule has 2 heterocycles. The molecule has 4 unspecified atom stereocenters. The maximum Gasteiger partial charge on any atom is 0.335 e. The number of fused-ring (bicyclic) bond motifs is 9. The Bertz CT molecular complexity index is 1720. The van der Waals surface area contributed by atoms with Crippen LogP contribution in [0.5, 0.6) is 0 Å². The summed E-state index contributed by atoms with van der Waals surface area (Å²) < 4.78 is 24.8. The second kappa shape index (κ2) is 11.5. The molecule has 11 atom stereocenters. The molecule has 2 N–H and O–H groups in total. The number of nitrogens with zero attached hydrogens (tertiary/aromatic N) is 1. The average molecular weight is 703 g/mol. The smallest absolute Gasteiger partial charge is 0.335 e. The van der Waals surface area contributed by atoms with E-state index in [1.165, 1.54) is 68.1 Å². The van der Waals surface area contributed by atoms with Crippen molar-refractivity contribution in [1.82, 2.24) is 10.2 Å². The van der Waals surface area contributed by atoms with Crippen molar-refractivity contribution >= 4 is 21.4 Å². The fourth-order valence-corrected chi connectivity index (χ4v) is 16.9. The number of carboxylic acid groups (broad SMARTS) is 1. The van der Waals surface area contributed by atoms with E-state index in [0.29, 0.717) is 40.9 Å². The van der Waals surface area contributed by atoms with E-state index in [1.54, 1.807) is 12.1 Å². The highest BCUT2D eigenvalue weighted by Gasteiger charge is 2.70. The van der Waals surface area contributed by atoms with Crippen molar-refractivity contribution in [2.45, 2.75) is 123 Å². The zero-order valence-electron chi connectivity index (χ0n) is 31.6. The minimum Gasteiger partial charge on any atom is -0.478 e. The summed E-state index contributed by atoms with van der Waals surface area (Å²) >= 11 is 0. The number of hydrogen-bond acceptors (Lipinski definition) is 5. The number of benzene rings is 1. The lowest BCUT2D eigenvalue weighted by atomic mass is 9.33. The number of aromatic carboxylic acids is 1. The molecule has 8 rings (SSSR count). The van der Waals surface area contributed by atoms with Gasteiger partial charge in [-0.25, -0.2) is 13.2 Å². The summed E-state index contributed by atoms with van der Waals surface area (Å²) in [5, 5.41) is 13.6. The third-order valence-electron chi connectivity index (χ3n) is 17.4. The Morgan fingerprint density at radius 3 is 2.34 bits per heavy atom. The van der Waals surface area contributed by atoms with Crippen LogP contribution in [0.25, 0.3) is 5.57 Å². The molecule has 6 nitrogen and oxygen atoms in total. The van der Waals surface area contributed by atoms with Gasteiger partial charge >= 0.3 is 5.97 Å². The van der Waals surface area contributed by atoms with Crippen molar-refractivity contribution in [3.8, 4) is 0 Å². The van der Waals surface area contributed by atoms with E-state index in [1.807, 2.05) is 12.1 Å². The molecule has 7 aliphatic rings. The molecule has 4 saturated carbocycles. The van der Waals surface area contributed by atoms with E-state index in [0.717, 1.165) is 32.5 Å². The molecule has 0 aromatic heterocycles. The highest BCUT2D eigenvalue weighted by molar-refractivity contribution is 7.92. The number of rotatable bonds is 7. The van der Waals surface area contributed by atoms with Gasteiger partial charge in [-0.3, -0.25) is 4.90 Å². The Balaban J connectivity index is 1.05. The first-order valence-electron chi connectivity index (χ1n) is 19.9. The van der Waals surface area contributed by atoms with Crippen LogP contribution in [0.15, 0.2) is 42.5 Å². The van der Waals surface area contributed by atoms with Crippen LogP contribution in [0.2, 0.25) is 0 Å². The summed E-state index contributed by atoms with van der Waals surface area (Å²) in [7, 11) is -2.86. The molecule has 1 aromatic carbocycles. The van der Waals surface area contributed by atoms with E-state index in [-0.39, 0.29) is 38.5 Å². The first-order chi connectivity index (χ1) is 23.5. The van der Waals surface area contributed by atoms with Crippen molar-refractivity contribution in [1.29, 1.82) is 0 Å². The molecule has 5 aliphatic carbocycles. The Morgan fingerprint density at radius 2 is 1.70 bits per heavy atom. The van der Waals surface area contributed by atoms with Crippen LogP contribution in [0.4, 0.5) is 0 Å². The van der Waals surface area contributed by atoms with E-state index in [9.17, 15) is 18.3 Å². The molecule has 2 aliphatic heterocycles. The highest BCUT2D eigenvalue weighted by Crippen LogP contribution is 2.76. The second-order valence-electron chi connectivity index (χ2n) is 19.5. The maximum absolute atomic E-state index is 12.4. The number of carbonyl (C=O) groups is 1. The monoisotopic (exact) mass is 702 g/mol. The number of allylic oxidation sites excluding steroid dienone is 3. The quantitative estimate of drug-likeness (QED) is 0.279. The summed E-state index contributed by atoms with van der Waals surface area (Å²) in [6.07, 6.45) is 14.6. The average Bonchev–Trinajstić information content (AvgIpc) is 3.72. The van der Waals surface area contributed by atoms with Crippen molar-refractivity contribution in [3.63, 3.8) is 0 Å². The molecular formula is C43H62N2O4S. The largest absolute Gasteiger partial charge is 0.478 e. The van der Waals surface area contributed by atoms with Crippen molar-refractivity contribution in [2.75, 3.05) is 25.4 Å². The zero-order valence-corrected chi connectivity index (χ0v) is 32.4. The van der Waals surface area contributed by atoms with Crippen LogP contribution < -0.4 is 5.32 Å². The lowest BCUT2D eigenvalue weighted by molar-refractivity contribution is -0.219. The molecule has 50 heavy (non-hydrogen) atoms. The molecule has 7 heteroatoms. The van der Waals surface area contributed by atoms with Crippen LogP contribution in [-0.2, 0) is 9.84 Å². The summed E-state index contributed by atoms with van der Waals surface area (Å²) in [6.45, 7) is 22.5. The topological polar surface area (TPSA) is 86.7 Å². The van der Waals surface area contributed by atoms with Gasteiger partial charge in [-0.2, -0.15) is 0 Å². The molecule has 6 fully saturated rings. The first kappa shape index (κ1) is 35.1. The lowest BCUT2D eigenvalue weighted by Gasteiger charge is -2.72. The van der Waals surface area contributed by atoms with E-state index < -0.39 is 15.8 Å². The van der Waals surface area contributed by atoms with Crippen molar-refractivity contribution < 1.29 is 18.3 Å². The Kier molecular flexibility index (Phi) is 8.08. The van der Waals surface area contributed by atoms with Gasteiger partial charge in [-0.15, -0.1) is 0 Å². The van der Waals surface area contributed by atoms with Crippen molar-refractivity contribution in [3.05, 3.63) is 53.6 Å². The second-order valence-corrected chi connectivity index (χ2v) is 21.9. The number of nitrogens with one attached hydrogen (secondary N) is 1. The van der Waals surface area contributed by atoms with E-state index >= 15 is 0 Å². The molecule has 2 bridgehead atoms. The van der Waals surface area contributed by atoms with Crippen LogP contribution in [0, 0.1) is 51.2 Å². The summed E-state index contributed by atoms with van der Waals surface area (Å²) in [5.74, 6) is 2.61. The molecule has 1 aromatic rings. The van der Waals surface area contributed by atoms with E-state index in [2.05, 4.69) is 64.4 Å². The van der Waals surface area contributed by atoms with Gasteiger partial charge < -0.3 is 10.4 Å². The number of carboxylic acids is 1. The third-order valence-corrected chi connectivity index (χ3v) is 19.6. The third kappa shape index (κ3) is 4.83. The zero-order chi connectivity index (χ0) is 35.6. The Hall–Kier alpha value is -1.96. The lowest BCUT2D eigenvalue weighted by Crippen LogP contribution is -2.68. The van der Waals surface area contributed by atoms with E-state index in [4.69, 9.17) is 0 Å². The maximum atomic E-state index is 12.4. The van der Waals surface area contributed by atoms with Crippen LogP contribution in [-0.4, -0.2) is 66.6 Å². The summed E-state index contributed by atoms with van der Waals surface area (Å²) in [4.78, 5) is 14.0. The SMILES string of the molecule is C=C(C)[C@@H]1CC[C@]2(NCCN3C[C@@H]4CC3CS4(=O)=O)CC[C@]3(C)[C@H](CCC4[C@@]5(C)CC=C(c6ccc(C(=O)O)cc6)C(C)(C)C5CC[C@]43C)C12. The van der Waals surface area contributed by atoms with Gasteiger partial charge in [0.25, 0.3) is 0 Å². The van der Waals surface area contributed by atoms with Gasteiger partial charge in [0.05, 0.1) is 16.6 Å². The first-order valence-corrected chi connectivity index (χ1v) is 21.6. The Morgan fingerprint density at radius 1 is 0.960 bits per heavy atom. The number of sulfone groups is 1. The predicted molar refractivity (Wildman–Crippen MR) is 202 cm³/mol. The van der Waals surface area contributed by atoms with Crippen LogP contribution in [0.3, 0.4) is 0 Å². The fourth-order valence-electron chi connectivity index (χ4n) is 14.8. The normalized spacial score (nSPS) is 45.6. The van der Waals surface area contributed by atoms with Crippen LogP contribution >= 0.6 is 0 Å².